The Morgan fingerprint density at radius 3 is 2.10 bits per heavy atom. The van der Waals surface area contributed by atoms with Crippen molar-refractivity contribution < 1.29 is 18.3 Å². The Morgan fingerprint density at radius 2 is 1.48 bits per heavy atom. The van der Waals surface area contributed by atoms with Gasteiger partial charge in [0.05, 0.1) is 17.1 Å². The highest BCUT2D eigenvalue weighted by Crippen LogP contribution is 2.29. The van der Waals surface area contributed by atoms with Crippen molar-refractivity contribution >= 4 is 15.8 Å². The molecule has 148 valence electrons. The van der Waals surface area contributed by atoms with Crippen LogP contribution >= 0.6 is 0 Å². The molecule has 0 bridgehead atoms. The number of rotatable bonds is 6. The molecule has 0 heterocycles. The maximum absolute atomic E-state index is 12.9. The topological polar surface area (TPSA) is 71.4 Å². The minimum absolute atomic E-state index is 0.0444. The summed E-state index contributed by atoms with van der Waals surface area (Å²) < 4.78 is 25.9. The summed E-state index contributed by atoms with van der Waals surface area (Å²) in [4.78, 5) is 11.7. The van der Waals surface area contributed by atoms with Crippen LogP contribution in [0.1, 0.15) is 27.0 Å². The molecule has 0 aliphatic heterocycles. The number of carboxylic acid groups (broad SMARTS) is 1. The van der Waals surface area contributed by atoms with Crippen molar-refractivity contribution in [2.75, 3.05) is 5.75 Å². The first kappa shape index (κ1) is 19.4. The van der Waals surface area contributed by atoms with Gasteiger partial charge in [-0.05, 0) is 58.7 Å². The molecule has 0 spiro atoms. The van der Waals surface area contributed by atoms with Gasteiger partial charge in [-0.15, -0.1) is 0 Å². The zero-order valence-electron chi connectivity index (χ0n) is 15.9. The predicted molar refractivity (Wildman–Crippen MR) is 114 cm³/mol. The average molecular weight is 407 g/mol. The average Bonchev–Trinajstić information content (AvgIpc) is 3.09. The van der Waals surface area contributed by atoms with Crippen molar-refractivity contribution in [1.82, 2.24) is 0 Å². The van der Waals surface area contributed by atoms with Crippen molar-refractivity contribution in [2.45, 2.75) is 18.6 Å². The van der Waals surface area contributed by atoms with Crippen LogP contribution in [-0.4, -0.2) is 25.2 Å². The van der Waals surface area contributed by atoms with Gasteiger partial charge in [0, 0.05) is 0 Å². The van der Waals surface area contributed by atoms with E-state index in [0.29, 0.717) is 5.56 Å². The van der Waals surface area contributed by atoms with Gasteiger partial charge in [-0.3, -0.25) is 0 Å². The zero-order valence-corrected chi connectivity index (χ0v) is 16.7. The molecule has 0 saturated heterocycles. The summed E-state index contributed by atoms with van der Waals surface area (Å²) in [6, 6.07) is 22.5. The van der Waals surface area contributed by atoms with Crippen molar-refractivity contribution in [2.24, 2.45) is 5.92 Å². The van der Waals surface area contributed by atoms with Crippen LogP contribution in [0.4, 0.5) is 0 Å². The second kappa shape index (κ2) is 7.84. The molecule has 4 nitrogen and oxygen atoms in total. The van der Waals surface area contributed by atoms with E-state index in [4.69, 9.17) is 0 Å². The number of benzene rings is 3. The van der Waals surface area contributed by atoms with Gasteiger partial charge in [-0.2, -0.15) is 0 Å². The Morgan fingerprint density at radius 1 is 0.862 bits per heavy atom. The first-order valence-corrected chi connectivity index (χ1v) is 11.4. The number of hydrogen-bond acceptors (Lipinski definition) is 3. The quantitative estimate of drug-likeness (QED) is 0.659. The number of sulfone groups is 1. The monoisotopic (exact) mass is 406 g/mol. The molecule has 3 aromatic carbocycles. The van der Waals surface area contributed by atoms with Crippen molar-refractivity contribution in [3.8, 4) is 11.1 Å². The van der Waals surface area contributed by atoms with E-state index in [1.165, 1.54) is 17.2 Å². The van der Waals surface area contributed by atoms with Gasteiger partial charge < -0.3 is 5.11 Å². The summed E-state index contributed by atoms with van der Waals surface area (Å²) in [6.45, 7) is 0. The third kappa shape index (κ3) is 4.40. The molecule has 0 fully saturated rings. The fourth-order valence-electron chi connectivity index (χ4n) is 4.15. The number of hydrogen-bond donors (Lipinski definition) is 1. The molecule has 0 atom stereocenters. The molecule has 0 aromatic heterocycles. The standard InChI is InChI=1S/C24H22O4S/c25-24(26)23-11-10-21(18-6-2-1-3-7-18)14-22(23)16-29(27,28)15-17-12-19-8-4-5-9-20(19)13-17/h1-11,14,17H,12-13,15-16H2,(H,25,26). The highest BCUT2D eigenvalue weighted by molar-refractivity contribution is 7.90. The highest BCUT2D eigenvalue weighted by atomic mass is 32.2. The van der Waals surface area contributed by atoms with Crippen LogP contribution in [-0.2, 0) is 28.4 Å². The maximum Gasteiger partial charge on any atom is 0.335 e. The Balaban J connectivity index is 1.58. The van der Waals surface area contributed by atoms with Crippen LogP contribution in [0.15, 0.2) is 72.8 Å². The molecule has 1 aliphatic rings. The Labute approximate surface area is 170 Å². The van der Waals surface area contributed by atoms with E-state index in [1.807, 2.05) is 54.6 Å². The molecule has 1 N–H and O–H groups in total. The molecule has 1 aliphatic carbocycles. The minimum Gasteiger partial charge on any atom is -0.478 e. The molecule has 5 heteroatoms. The van der Waals surface area contributed by atoms with E-state index in [0.717, 1.165) is 24.0 Å². The summed E-state index contributed by atoms with van der Waals surface area (Å²) in [5.74, 6) is -1.26. The molecule has 4 rings (SSSR count). The highest BCUT2D eigenvalue weighted by Gasteiger charge is 2.27. The van der Waals surface area contributed by atoms with Crippen LogP contribution in [0.3, 0.4) is 0 Å². The van der Waals surface area contributed by atoms with Crippen LogP contribution in [0.2, 0.25) is 0 Å². The molecule has 0 radical (unpaired) electrons. The predicted octanol–water partition coefficient (Wildman–Crippen LogP) is 4.38. The van der Waals surface area contributed by atoms with Crippen LogP contribution in [0.25, 0.3) is 11.1 Å². The molecule has 0 saturated carbocycles. The lowest BCUT2D eigenvalue weighted by molar-refractivity contribution is 0.0696. The molecule has 3 aromatic rings. The lowest BCUT2D eigenvalue weighted by atomic mass is 10.00. The molecule has 29 heavy (non-hydrogen) atoms. The largest absolute Gasteiger partial charge is 0.478 e. The zero-order chi connectivity index (χ0) is 20.4. The lowest BCUT2D eigenvalue weighted by Gasteiger charge is -2.13. The summed E-state index contributed by atoms with van der Waals surface area (Å²) in [7, 11) is -3.45. The number of aromatic carboxylic acids is 1. The first-order chi connectivity index (χ1) is 13.9. The maximum atomic E-state index is 12.9. The second-order valence-corrected chi connectivity index (χ2v) is 9.75. The van der Waals surface area contributed by atoms with Crippen LogP contribution in [0.5, 0.6) is 0 Å². The van der Waals surface area contributed by atoms with Crippen LogP contribution in [0, 0.1) is 5.92 Å². The van der Waals surface area contributed by atoms with Crippen molar-refractivity contribution in [3.05, 3.63) is 95.1 Å². The Bertz CT molecular complexity index is 1130. The summed E-state index contributed by atoms with van der Waals surface area (Å²) >= 11 is 0. The molecular weight excluding hydrogens is 384 g/mol. The molecular formula is C24H22O4S. The summed E-state index contributed by atoms with van der Waals surface area (Å²) in [6.07, 6.45) is 1.51. The van der Waals surface area contributed by atoms with E-state index in [-0.39, 0.29) is 23.0 Å². The Kier molecular flexibility index (Phi) is 5.24. The molecule has 0 amide bonds. The second-order valence-electron chi connectivity index (χ2n) is 7.64. The van der Waals surface area contributed by atoms with Crippen molar-refractivity contribution in [3.63, 3.8) is 0 Å². The van der Waals surface area contributed by atoms with Gasteiger partial charge in [-0.1, -0.05) is 60.7 Å². The van der Waals surface area contributed by atoms with E-state index in [9.17, 15) is 18.3 Å². The van der Waals surface area contributed by atoms with Gasteiger partial charge in [0.15, 0.2) is 9.84 Å². The van der Waals surface area contributed by atoms with E-state index in [1.54, 1.807) is 12.1 Å². The number of carboxylic acids is 1. The smallest absolute Gasteiger partial charge is 0.335 e. The normalized spacial score (nSPS) is 13.9. The summed E-state index contributed by atoms with van der Waals surface area (Å²) in [5.41, 5.74) is 4.55. The van der Waals surface area contributed by atoms with Gasteiger partial charge in [0.1, 0.15) is 0 Å². The molecule has 0 unspecified atom stereocenters. The third-order valence-corrected chi connectivity index (χ3v) is 7.17. The van der Waals surface area contributed by atoms with Gasteiger partial charge in [-0.25, -0.2) is 13.2 Å². The fraction of sp³-hybridized carbons (Fsp3) is 0.208. The fourth-order valence-corrected chi connectivity index (χ4v) is 5.94. The van der Waals surface area contributed by atoms with Gasteiger partial charge >= 0.3 is 5.97 Å². The van der Waals surface area contributed by atoms with Gasteiger partial charge in [0.25, 0.3) is 0 Å². The first-order valence-electron chi connectivity index (χ1n) is 9.60. The van der Waals surface area contributed by atoms with Crippen molar-refractivity contribution in [1.29, 1.82) is 0 Å². The minimum atomic E-state index is -3.45. The van der Waals surface area contributed by atoms with E-state index >= 15 is 0 Å². The lowest BCUT2D eigenvalue weighted by Crippen LogP contribution is -2.19. The van der Waals surface area contributed by atoms with Crippen LogP contribution < -0.4 is 0 Å². The van der Waals surface area contributed by atoms with E-state index in [2.05, 4.69) is 0 Å². The van der Waals surface area contributed by atoms with Gasteiger partial charge in [0.2, 0.25) is 0 Å². The number of fused-ring (bicyclic) bond motifs is 1. The third-order valence-electron chi connectivity index (χ3n) is 5.44. The Hall–Kier alpha value is -2.92. The van der Waals surface area contributed by atoms with E-state index < -0.39 is 15.8 Å². The SMILES string of the molecule is O=C(O)c1ccc(-c2ccccc2)cc1CS(=O)(=O)CC1Cc2ccccc2C1. The number of carbonyl (C=O) groups is 1. The summed E-state index contributed by atoms with van der Waals surface area (Å²) in [5, 5.41) is 9.53.